The fourth-order valence-electron chi connectivity index (χ4n) is 5.04. The average molecular weight is 576 g/mol. The minimum Gasteiger partial charge on any atom is -0.357 e. The van der Waals surface area contributed by atoms with Crippen LogP contribution in [0.1, 0.15) is 70.2 Å². The van der Waals surface area contributed by atoms with Crippen molar-refractivity contribution in [2.45, 2.75) is 77.4 Å². The third kappa shape index (κ3) is 7.87. The number of carbonyl (C=O) groups excluding carboxylic acids is 1. The van der Waals surface area contributed by atoms with E-state index in [0.717, 1.165) is 51.3 Å². The highest BCUT2D eigenvalue weighted by atomic mass is 127. The molecule has 0 bridgehead atoms. The number of hydrogen-bond donors (Lipinski definition) is 3. The SMILES string of the molecule is CCNC(=NCC1CCCN(C)C1c1cccs1)NC1CCCC(C(=O)NC(C)C)C1.I. The van der Waals surface area contributed by atoms with Gasteiger partial charge in [0.05, 0.1) is 0 Å². The monoisotopic (exact) mass is 575 g/mol. The fraction of sp³-hybridized carbons (Fsp3) is 0.750. The molecule has 1 amide bonds. The lowest BCUT2D eigenvalue weighted by Gasteiger charge is -2.38. The molecule has 1 aromatic heterocycles. The summed E-state index contributed by atoms with van der Waals surface area (Å²) in [6.45, 7) is 8.99. The third-order valence-electron chi connectivity index (χ3n) is 6.49. The highest BCUT2D eigenvalue weighted by Gasteiger charge is 2.31. The molecule has 2 fully saturated rings. The predicted octanol–water partition coefficient (Wildman–Crippen LogP) is 4.39. The second kappa shape index (κ2) is 13.7. The zero-order valence-corrected chi connectivity index (χ0v) is 23.2. The summed E-state index contributed by atoms with van der Waals surface area (Å²) in [5.41, 5.74) is 0. The Morgan fingerprint density at radius 3 is 2.78 bits per heavy atom. The summed E-state index contributed by atoms with van der Waals surface area (Å²) in [5.74, 6) is 1.73. The quantitative estimate of drug-likeness (QED) is 0.257. The van der Waals surface area contributed by atoms with Crippen LogP contribution in [-0.2, 0) is 4.79 Å². The molecule has 0 radical (unpaired) electrons. The van der Waals surface area contributed by atoms with Crippen LogP contribution < -0.4 is 16.0 Å². The van der Waals surface area contributed by atoms with Gasteiger partial charge < -0.3 is 16.0 Å². The Bertz CT molecular complexity index is 711. The summed E-state index contributed by atoms with van der Waals surface area (Å²) < 4.78 is 0. The first kappa shape index (κ1) is 27.4. The molecule has 0 aromatic carbocycles. The second-order valence-corrected chi connectivity index (χ2v) is 10.4. The molecule has 32 heavy (non-hydrogen) atoms. The van der Waals surface area contributed by atoms with Gasteiger partial charge >= 0.3 is 0 Å². The number of nitrogens with one attached hydrogen (secondary N) is 3. The van der Waals surface area contributed by atoms with Gasteiger partial charge in [-0.1, -0.05) is 12.5 Å². The number of likely N-dealkylation sites (tertiary alicyclic amines) is 1. The number of carbonyl (C=O) groups is 1. The van der Waals surface area contributed by atoms with Crippen LogP contribution in [-0.4, -0.2) is 55.5 Å². The summed E-state index contributed by atoms with van der Waals surface area (Å²) in [5, 5.41) is 12.3. The van der Waals surface area contributed by atoms with E-state index in [-0.39, 0.29) is 41.8 Å². The van der Waals surface area contributed by atoms with Gasteiger partial charge in [0.15, 0.2) is 5.96 Å². The molecule has 1 saturated heterocycles. The molecule has 6 nitrogen and oxygen atoms in total. The number of rotatable bonds is 7. The molecule has 4 atom stereocenters. The van der Waals surface area contributed by atoms with Crippen LogP contribution in [0, 0.1) is 11.8 Å². The van der Waals surface area contributed by atoms with E-state index >= 15 is 0 Å². The van der Waals surface area contributed by atoms with E-state index in [2.05, 4.69) is 52.3 Å². The molecule has 0 spiro atoms. The minimum atomic E-state index is 0. The molecule has 4 unspecified atom stereocenters. The van der Waals surface area contributed by atoms with Gasteiger partial charge in [-0.05, 0) is 83.8 Å². The van der Waals surface area contributed by atoms with Crippen molar-refractivity contribution in [2.24, 2.45) is 16.8 Å². The molecule has 182 valence electrons. The van der Waals surface area contributed by atoms with Gasteiger partial charge in [0.1, 0.15) is 0 Å². The van der Waals surface area contributed by atoms with E-state index in [9.17, 15) is 4.79 Å². The van der Waals surface area contributed by atoms with Gasteiger partial charge in [0.2, 0.25) is 5.91 Å². The number of piperidine rings is 1. The molecule has 1 aliphatic carbocycles. The second-order valence-electron chi connectivity index (χ2n) is 9.43. The summed E-state index contributed by atoms with van der Waals surface area (Å²) in [6.07, 6.45) is 6.50. The van der Waals surface area contributed by atoms with Crippen LogP contribution >= 0.6 is 35.3 Å². The molecule has 1 saturated carbocycles. The highest BCUT2D eigenvalue weighted by molar-refractivity contribution is 14.0. The van der Waals surface area contributed by atoms with Crippen LogP contribution in [0.5, 0.6) is 0 Å². The van der Waals surface area contributed by atoms with Gasteiger partial charge in [0, 0.05) is 42.0 Å². The lowest BCUT2D eigenvalue weighted by Crippen LogP contribution is -2.48. The Balaban J connectivity index is 0.00000363. The first-order chi connectivity index (χ1) is 15.0. The first-order valence-corrected chi connectivity index (χ1v) is 12.9. The third-order valence-corrected chi connectivity index (χ3v) is 7.43. The summed E-state index contributed by atoms with van der Waals surface area (Å²) >= 11 is 1.86. The number of halogens is 1. The van der Waals surface area contributed by atoms with Gasteiger partial charge in [-0.15, -0.1) is 35.3 Å². The van der Waals surface area contributed by atoms with Crippen molar-refractivity contribution in [1.29, 1.82) is 0 Å². The Morgan fingerprint density at radius 2 is 2.09 bits per heavy atom. The molecular formula is C24H42IN5OS. The predicted molar refractivity (Wildman–Crippen MR) is 146 cm³/mol. The number of amides is 1. The summed E-state index contributed by atoms with van der Waals surface area (Å²) in [4.78, 5) is 21.5. The summed E-state index contributed by atoms with van der Waals surface area (Å²) in [6, 6.07) is 5.38. The largest absolute Gasteiger partial charge is 0.357 e. The standard InChI is InChI=1S/C24H41N5OS.HI/c1-5-25-24(28-20-11-6-9-18(15-20)23(30)27-17(2)3)26-16-19-10-7-13-29(4)22(19)21-12-8-14-31-21;/h8,12,14,17-20,22H,5-7,9-11,13,15-16H2,1-4H3,(H,27,30)(H2,25,26,28);1H. The van der Waals surface area contributed by atoms with E-state index < -0.39 is 0 Å². The van der Waals surface area contributed by atoms with E-state index in [1.54, 1.807) is 0 Å². The number of hydrogen-bond acceptors (Lipinski definition) is 4. The van der Waals surface area contributed by atoms with Crippen molar-refractivity contribution in [3.8, 4) is 0 Å². The molecule has 2 heterocycles. The van der Waals surface area contributed by atoms with Crippen molar-refractivity contribution >= 4 is 47.2 Å². The Hall–Kier alpha value is -0.870. The number of guanidine groups is 1. The average Bonchev–Trinajstić information content (AvgIpc) is 3.26. The maximum Gasteiger partial charge on any atom is 0.223 e. The van der Waals surface area contributed by atoms with Crippen molar-refractivity contribution in [3.05, 3.63) is 22.4 Å². The van der Waals surface area contributed by atoms with Gasteiger partial charge in [-0.3, -0.25) is 14.7 Å². The lowest BCUT2D eigenvalue weighted by molar-refractivity contribution is -0.126. The van der Waals surface area contributed by atoms with E-state index in [4.69, 9.17) is 4.99 Å². The molecule has 2 aliphatic rings. The molecular weight excluding hydrogens is 533 g/mol. The summed E-state index contributed by atoms with van der Waals surface area (Å²) in [7, 11) is 2.24. The zero-order chi connectivity index (χ0) is 22.2. The highest BCUT2D eigenvalue weighted by Crippen LogP contribution is 2.37. The number of thiophene rings is 1. The number of aliphatic imine (C=N–C) groups is 1. The normalized spacial score (nSPS) is 27.0. The fourth-order valence-corrected chi connectivity index (χ4v) is 6.03. The minimum absolute atomic E-state index is 0. The first-order valence-electron chi connectivity index (χ1n) is 12.1. The Kier molecular flexibility index (Phi) is 11.8. The molecule has 3 N–H and O–H groups in total. The van der Waals surface area contributed by atoms with E-state index in [1.807, 2.05) is 25.2 Å². The van der Waals surface area contributed by atoms with Crippen molar-refractivity contribution in [2.75, 3.05) is 26.7 Å². The number of nitrogens with zero attached hydrogens (tertiary/aromatic N) is 2. The van der Waals surface area contributed by atoms with Crippen LogP contribution in [0.15, 0.2) is 22.5 Å². The van der Waals surface area contributed by atoms with Crippen LogP contribution in [0.3, 0.4) is 0 Å². The van der Waals surface area contributed by atoms with Crippen LogP contribution in [0.2, 0.25) is 0 Å². The van der Waals surface area contributed by atoms with Crippen molar-refractivity contribution < 1.29 is 4.79 Å². The maximum atomic E-state index is 12.5. The van der Waals surface area contributed by atoms with Crippen LogP contribution in [0.4, 0.5) is 0 Å². The van der Waals surface area contributed by atoms with E-state index in [1.165, 1.54) is 17.7 Å². The lowest BCUT2D eigenvalue weighted by atomic mass is 9.85. The smallest absolute Gasteiger partial charge is 0.223 e. The van der Waals surface area contributed by atoms with Gasteiger partial charge in [0.25, 0.3) is 0 Å². The Morgan fingerprint density at radius 1 is 1.28 bits per heavy atom. The van der Waals surface area contributed by atoms with Crippen molar-refractivity contribution in [1.82, 2.24) is 20.9 Å². The van der Waals surface area contributed by atoms with Crippen molar-refractivity contribution in [3.63, 3.8) is 0 Å². The van der Waals surface area contributed by atoms with Crippen LogP contribution in [0.25, 0.3) is 0 Å². The molecule has 8 heteroatoms. The van der Waals surface area contributed by atoms with Gasteiger partial charge in [-0.2, -0.15) is 0 Å². The van der Waals surface area contributed by atoms with Gasteiger partial charge in [-0.25, -0.2) is 0 Å². The molecule has 1 aliphatic heterocycles. The van der Waals surface area contributed by atoms with E-state index in [0.29, 0.717) is 18.0 Å². The molecule has 1 aromatic rings. The zero-order valence-electron chi connectivity index (χ0n) is 20.1. The maximum absolute atomic E-state index is 12.5. The Labute approximate surface area is 215 Å². The molecule has 3 rings (SSSR count). The topological polar surface area (TPSA) is 68.8 Å².